The number of aliphatic hydroxyl groups is 4. The van der Waals surface area contributed by atoms with E-state index < -0.39 is 36.9 Å². The molecule has 0 aromatic carbocycles. The number of rotatable bonds is 39. The van der Waals surface area contributed by atoms with E-state index in [-0.39, 0.29) is 6.42 Å². The standard InChI is InChI=1S/C44H87NO5/c1-4-5-6-7-8-9-10-11-12-13-14-15-16-17-18-19-20-25-28-31-34-37-42(48)44(50)45-40(38-46)43(49)41(47)36-33-30-27-24-22-21-23-26-29-32-35-39(2)3/h31,34,39-43,46-49H,4-30,32-33,35-38H2,1-3H3,(H,45,50). The molecule has 0 aliphatic rings. The number of aliphatic hydroxyl groups excluding tert-OH is 4. The fraction of sp³-hybridized carbons (Fsp3) is 0.932. The van der Waals surface area contributed by atoms with Crippen LogP contribution < -0.4 is 5.32 Å². The Kier molecular flexibility index (Phi) is 37.1. The van der Waals surface area contributed by atoms with Crippen LogP contribution in [-0.2, 0) is 4.79 Å². The largest absolute Gasteiger partial charge is 0.394 e. The smallest absolute Gasteiger partial charge is 0.249 e. The molecule has 0 saturated heterocycles. The normalized spacial score (nSPS) is 14.4. The number of allylic oxidation sites excluding steroid dienone is 1. The van der Waals surface area contributed by atoms with Gasteiger partial charge in [0.15, 0.2) is 0 Å². The Hall–Kier alpha value is -0.950. The average molecular weight is 710 g/mol. The van der Waals surface area contributed by atoms with Crippen molar-refractivity contribution >= 4 is 5.91 Å². The summed E-state index contributed by atoms with van der Waals surface area (Å²) >= 11 is 0. The van der Waals surface area contributed by atoms with Gasteiger partial charge in [0, 0.05) is 6.42 Å². The molecule has 0 saturated carbocycles. The van der Waals surface area contributed by atoms with Gasteiger partial charge in [0.05, 0.1) is 18.8 Å². The molecule has 0 rings (SSSR count). The predicted octanol–water partition coefficient (Wildman–Crippen LogP) is 11.3. The number of carbonyl (C=O) groups excluding carboxylic acids is 1. The van der Waals surface area contributed by atoms with Gasteiger partial charge in [-0.1, -0.05) is 213 Å². The summed E-state index contributed by atoms with van der Waals surface area (Å²) in [7, 11) is 0. The van der Waals surface area contributed by atoms with Gasteiger partial charge in [-0.15, -0.1) is 0 Å². The third-order valence-electron chi connectivity index (χ3n) is 10.4. The van der Waals surface area contributed by atoms with E-state index >= 15 is 0 Å². The van der Waals surface area contributed by atoms with Gasteiger partial charge in [-0.25, -0.2) is 0 Å². The third-order valence-corrected chi connectivity index (χ3v) is 10.4. The zero-order valence-electron chi connectivity index (χ0n) is 33.6. The van der Waals surface area contributed by atoms with Crippen LogP contribution >= 0.6 is 0 Å². The summed E-state index contributed by atoms with van der Waals surface area (Å²) in [6.45, 7) is 6.36. The van der Waals surface area contributed by atoms with E-state index in [2.05, 4.69) is 26.1 Å². The Morgan fingerprint density at radius 1 is 0.540 bits per heavy atom. The summed E-state index contributed by atoms with van der Waals surface area (Å²) in [5.74, 6) is 0.180. The fourth-order valence-electron chi connectivity index (χ4n) is 6.89. The molecule has 0 aromatic rings. The minimum Gasteiger partial charge on any atom is -0.394 e. The van der Waals surface area contributed by atoms with Crippen molar-refractivity contribution in [2.45, 2.75) is 251 Å². The highest BCUT2D eigenvalue weighted by Gasteiger charge is 2.28. The van der Waals surface area contributed by atoms with Gasteiger partial charge in [0.1, 0.15) is 12.2 Å². The van der Waals surface area contributed by atoms with Crippen LogP contribution in [0, 0.1) is 5.92 Å². The molecular formula is C44H87NO5. The lowest BCUT2D eigenvalue weighted by Gasteiger charge is -2.27. The summed E-state index contributed by atoms with van der Waals surface area (Å²) in [6.07, 6.45) is 39.8. The molecule has 0 aromatic heterocycles. The zero-order valence-corrected chi connectivity index (χ0v) is 33.6. The van der Waals surface area contributed by atoms with Crippen molar-refractivity contribution in [3.63, 3.8) is 0 Å². The van der Waals surface area contributed by atoms with E-state index in [1.54, 1.807) is 0 Å². The highest BCUT2D eigenvalue weighted by molar-refractivity contribution is 5.81. The Balaban J connectivity index is 3.74. The number of carbonyl (C=O) groups is 1. The lowest BCUT2D eigenvalue weighted by molar-refractivity contribution is -0.132. The molecule has 0 heterocycles. The minimum absolute atomic E-state index is 0.194. The molecule has 1 amide bonds. The molecule has 50 heavy (non-hydrogen) atoms. The maximum absolute atomic E-state index is 12.5. The predicted molar refractivity (Wildman–Crippen MR) is 214 cm³/mol. The van der Waals surface area contributed by atoms with Crippen molar-refractivity contribution in [3.05, 3.63) is 12.2 Å². The number of nitrogens with one attached hydrogen (secondary N) is 1. The molecule has 6 heteroatoms. The van der Waals surface area contributed by atoms with Crippen LogP contribution in [0.3, 0.4) is 0 Å². The first-order valence-electron chi connectivity index (χ1n) is 21.9. The maximum Gasteiger partial charge on any atom is 0.249 e. The molecular weight excluding hydrogens is 622 g/mol. The van der Waals surface area contributed by atoms with Crippen LogP contribution in [0.4, 0.5) is 0 Å². The van der Waals surface area contributed by atoms with Gasteiger partial charge in [-0.05, 0) is 25.2 Å². The SMILES string of the molecule is CCCCCCCCCCCCCCCCCCCCC=CCC(O)C(=O)NC(CO)C(O)C(O)CCCCCCCCCCCCC(C)C. The minimum atomic E-state index is -1.27. The second-order valence-electron chi connectivity index (χ2n) is 15.9. The molecule has 298 valence electrons. The first-order chi connectivity index (χ1) is 24.3. The lowest BCUT2D eigenvalue weighted by atomic mass is 9.99. The van der Waals surface area contributed by atoms with E-state index in [0.717, 1.165) is 38.0 Å². The van der Waals surface area contributed by atoms with Gasteiger partial charge >= 0.3 is 0 Å². The summed E-state index contributed by atoms with van der Waals surface area (Å²) in [5, 5.41) is 43.5. The first kappa shape index (κ1) is 49.0. The van der Waals surface area contributed by atoms with E-state index in [1.165, 1.54) is 161 Å². The lowest BCUT2D eigenvalue weighted by Crippen LogP contribution is -2.53. The van der Waals surface area contributed by atoms with Gasteiger partial charge in [-0.2, -0.15) is 0 Å². The summed E-state index contributed by atoms with van der Waals surface area (Å²) in [5.41, 5.74) is 0. The molecule has 4 atom stereocenters. The fourth-order valence-corrected chi connectivity index (χ4v) is 6.89. The van der Waals surface area contributed by atoms with Crippen LogP contribution in [0.25, 0.3) is 0 Å². The van der Waals surface area contributed by atoms with Crippen molar-refractivity contribution in [1.29, 1.82) is 0 Å². The maximum atomic E-state index is 12.5. The van der Waals surface area contributed by atoms with Crippen molar-refractivity contribution in [2.75, 3.05) is 6.61 Å². The Morgan fingerprint density at radius 3 is 1.32 bits per heavy atom. The second-order valence-corrected chi connectivity index (χ2v) is 15.9. The van der Waals surface area contributed by atoms with Gasteiger partial charge < -0.3 is 25.7 Å². The number of hydrogen-bond donors (Lipinski definition) is 5. The Bertz CT molecular complexity index is 729. The van der Waals surface area contributed by atoms with Crippen LogP contribution in [0.2, 0.25) is 0 Å². The van der Waals surface area contributed by atoms with Crippen molar-refractivity contribution in [3.8, 4) is 0 Å². The monoisotopic (exact) mass is 710 g/mol. The molecule has 0 fully saturated rings. The molecule has 0 bridgehead atoms. The third kappa shape index (κ3) is 32.9. The molecule has 0 aliphatic carbocycles. The second kappa shape index (κ2) is 37.8. The Morgan fingerprint density at radius 2 is 0.920 bits per heavy atom. The molecule has 0 radical (unpaired) electrons. The quantitative estimate of drug-likeness (QED) is 0.0322. The summed E-state index contributed by atoms with van der Waals surface area (Å²) in [4.78, 5) is 12.5. The number of hydrogen-bond acceptors (Lipinski definition) is 5. The van der Waals surface area contributed by atoms with Crippen molar-refractivity contribution < 1.29 is 25.2 Å². The van der Waals surface area contributed by atoms with Crippen LogP contribution in [0.5, 0.6) is 0 Å². The van der Waals surface area contributed by atoms with E-state index in [4.69, 9.17) is 0 Å². The van der Waals surface area contributed by atoms with Crippen LogP contribution in [0.1, 0.15) is 226 Å². The number of unbranched alkanes of at least 4 members (excludes halogenated alkanes) is 27. The summed E-state index contributed by atoms with van der Waals surface area (Å²) in [6, 6.07) is -1.00. The number of amides is 1. The van der Waals surface area contributed by atoms with E-state index in [0.29, 0.717) is 6.42 Å². The molecule has 0 aliphatic heterocycles. The van der Waals surface area contributed by atoms with E-state index in [1.807, 2.05) is 12.2 Å². The zero-order chi connectivity index (χ0) is 36.9. The average Bonchev–Trinajstić information content (AvgIpc) is 3.10. The molecule has 4 unspecified atom stereocenters. The van der Waals surface area contributed by atoms with E-state index in [9.17, 15) is 25.2 Å². The van der Waals surface area contributed by atoms with Crippen LogP contribution in [-0.4, -0.2) is 57.3 Å². The topological polar surface area (TPSA) is 110 Å². The van der Waals surface area contributed by atoms with Crippen molar-refractivity contribution in [2.24, 2.45) is 5.92 Å². The highest BCUT2D eigenvalue weighted by atomic mass is 16.3. The Labute approximate surface area is 311 Å². The molecule has 0 spiro atoms. The van der Waals surface area contributed by atoms with Crippen molar-refractivity contribution in [1.82, 2.24) is 5.32 Å². The van der Waals surface area contributed by atoms with Gasteiger partial charge in [-0.3, -0.25) is 4.79 Å². The molecule has 5 N–H and O–H groups in total. The van der Waals surface area contributed by atoms with Crippen LogP contribution in [0.15, 0.2) is 12.2 Å². The first-order valence-corrected chi connectivity index (χ1v) is 21.9. The van der Waals surface area contributed by atoms with Gasteiger partial charge in [0.2, 0.25) is 5.91 Å². The summed E-state index contributed by atoms with van der Waals surface area (Å²) < 4.78 is 0. The molecule has 6 nitrogen and oxygen atoms in total. The van der Waals surface area contributed by atoms with Gasteiger partial charge in [0.25, 0.3) is 0 Å². The highest BCUT2D eigenvalue weighted by Crippen LogP contribution is 2.17.